The smallest absolute Gasteiger partial charge is 0.252 e. The average Bonchev–Trinajstić information content (AvgIpc) is 2.67. The number of rotatable bonds is 4. The van der Waals surface area contributed by atoms with Crippen LogP contribution in [0.5, 0.6) is 0 Å². The number of nitriles is 1. The van der Waals surface area contributed by atoms with Gasteiger partial charge in [0.1, 0.15) is 0 Å². The molecule has 3 nitrogen and oxygen atoms in total. The minimum Gasteiger partial charge on any atom is -0.345 e. The van der Waals surface area contributed by atoms with E-state index in [9.17, 15) is 10.1 Å². The van der Waals surface area contributed by atoms with Crippen LogP contribution < -0.4 is 5.32 Å². The second-order valence-electron chi connectivity index (χ2n) is 6.06. The number of amides is 1. The lowest BCUT2D eigenvalue weighted by atomic mass is 9.95. The van der Waals surface area contributed by atoms with Gasteiger partial charge in [-0.3, -0.25) is 4.79 Å². The van der Waals surface area contributed by atoms with Gasteiger partial charge in [-0.2, -0.15) is 5.26 Å². The molecular formula is C22H16Cl2N2O. The molecule has 3 rings (SSSR count). The van der Waals surface area contributed by atoms with Crippen molar-refractivity contribution in [2.24, 2.45) is 0 Å². The lowest BCUT2D eigenvalue weighted by molar-refractivity contribution is 0.0940. The van der Waals surface area contributed by atoms with E-state index in [4.69, 9.17) is 23.2 Å². The Morgan fingerprint density at radius 3 is 2.37 bits per heavy atom. The van der Waals surface area contributed by atoms with Crippen molar-refractivity contribution in [2.45, 2.75) is 13.0 Å². The van der Waals surface area contributed by atoms with Crippen molar-refractivity contribution in [1.82, 2.24) is 5.32 Å². The predicted octanol–water partition coefficient (Wildman–Crippen LogP) is 6.02. The van der Waals surface area contributed by atoms with Gasteiger partial charge in [-0.25, -0.2) is 0 Å². The number of nitrogens with zero attached hydrogens (tertiary/aromatic N) is 1. The molecule has 5 heteroatoms. The van der Waals surface area contributed by atoms with E-state index in [1.54, 1.807) is 42.5 Å². The summed E-state index contributed by atoms with van der Waals surface area (Å²) in [6.45, 7) is 1.86. The first kappa shape index (κ1) is 19.0. The van der Waals surface area contributed by atoms with Crippen LogP contribution in [-0.2, 0) is 0 Å². The van der Waals surface area contributed by atoms with Crippen LogP contribution in [0.4, 0.5) is 0 Å². The summed E-state index contributed by atoms with van der Waals surface area (Å²) >= 11 is 12.2. The summed E-state index contributed by atoms with van der Waals surface area (Å²) in [7, 11) is 0. The van der Waals surface area contributed by atoms with E-state index < -0.39 is 0 Å². The quantitative estimate of drug-likeness (QED) is 0.587. The van der Waals surface area contributed by atoms with Gasteiger partial charge in [0, 0.05) is 21.2 Å². The fourth-order valence-electron chi connectivity index (χ4n) is 2.94. The summed E-state index contributed by atoms with van der Waals surface area (Å²) in [5, 5.41) is 13.4. The third-order valence-electron chi connectivity index (χ3n) is 4.29. The molecule has 0 aliphatic heterocycles. The average molecular weight is 395 g/mol. The molecule has 3 aromatic carbocycles. The SMILES string of the molecule is CC(NC(=O)c1ccccc1-c1ccccc1C#N)c1ccc(Cl)cc1Cl. The number of hydrogen-bond acceptors (Lipinski definition) is 2. The predicted molar refractivity (Wildman–Crippen MR) is 109 cm³/mol. The summed E-state index contributed by atoms with van der Waals surface area (Å²) in [4.78, 5) is 12.9. The lowest BCUT2D eigenvalue weighted by Gasteiger charge is -2.18. The Morgan fingerprint density at radius 1 is 1.00 bits per heavy atom. The topological polar surface area (TPSA) is 52.9 Å². The van der Waals surface area contributed by atoms with Crippen LogP contribution in [0.15, 0.2) is 66.7 Å². The summed E-state index contributed by atoms with van der Waals surface area (Å²) in [5.74, 6) is -0.239. The summed E-state index contributed by atoms with van der Waals surface area (Å²) in [6, 6.07) is 21.5. The van der Waals surface area contributed by atoms with Crippen LogP contribution in [0.2, 0.25) is 10.0 Å². The summed E-state index contributed by atoms with van der Waals surface area (Å²) in [5.41, 5.74) is 3.23. The molecule has 0 aromatic heterocycles. The molecule has 0 spiro atoms. The van der Waals surface area contributed by atoms with Gasteiger partial charge in [-0.1, -0.05) is 65.7 Å². The first-order valence-electron chi connectivity index (χ1n) is 8.35. The van der Waals surface area contributed by atoms with Crippen LogP contribution in [0.3, 0.4) is 0 Å². The minimum atomic E-state index is -0.304. The van der Waals surface area contributed by atoms with Gasteiger partial charge in [0.15, 0.2) is 0 Å². The van der Waals surface area contributed by atoms with Gasteiger partial charge in [0.2, 0.25) is 0 Å². The van der Waals surface area contributed by atoms with E-state index in [1.165, 1.54) is 0 Å². The molecule has 0 bridgehead atoms. The van der Waals surface area contributed by atoms with Crippen LogP contribution in [0.25, 0.3) is 11.1 Å². The van der Waals surface area contributed by atoms with E-state index in [-0.39, 0.29) is 11.9 Å². The summed E-state index contributed by atoms with van der Waals surface area (Å²) < 4.78 is 0. The number of hydrogen-bond donors (Lipinski definition) is 1. The highest BCUT2D eigenvalue weighted by Crippen LogP contribution is 2.29. The van der Waals surface area contributed by atoms with Crippen LogP contribution >= 0.6 is 23.2 Å². The molecule has 0 radical (unpaired) electrons. The van der Waals surface area contributed by atoms with Crippen molar-refractivity contribution in [3.63, 3.8) is 0 Å². The molecule has 0 heterocycles. The zero-order chi connectivity index (χ0) is 19.4. The number of nitrogens with one attached hydrogen (secondary N) is 1. The van der Waals surface area contributed by atoms with Gasteiger partial charge in [-0.05, 0) is 42.3 Å². The molecule has 1 amide bonds. The number of halogens is 2. The van der Waals surface area contributed by atoms with Gasteiger partial charge in [0.25, 0.3) is 5.91 Å². The van der Waals surface area contributed by atoms with E-state index in [0.29, 0.717) is 26.7 Å². The zero-order valence-electron chi connectivity index (χ0n) is 14.5. The van der Waals surface area contributed by atoms with Gasteiger partial charge < -0.3 is 5.32 Å². The zero-order valence-corrected chi connectivity index (χ0v) is 16.1. The third-order valence-corrected chi connectivity index (χ3v) is 4.85. The second kappa shape index (κ2) is 8.26. The standard InChI is InChI=1S/C22H16Cl2N2O/c1-14(17-11-10-16(23)12-21(17)24)26-22(27)20-9-5-4-8-19(20)18-7-3-2-6-15(18)13-25/h2-12,14H,1H3,(H,26,27). The van der Waals surface area contributed by atoms with Crippen molar-refractivity contribution in [1.29, 1.82) is 5.26 Å². The Morgan fingerprint density at radius 2 is 1.67 bits per heavy atom. The number of carbonyl (C=O) groups excluding carboxylic acids is 1. The molecule has 1 atom stereocenters. The van der Waals surface area contributed by atoms with Crippen molar-refractivity contribution in [3.05, 3.63) is 93.5 Å². The summed E-state index contributed by atoms with van der Waals surface area (Å²) in [6.07, 6.45) is 0. The molecule has 1 unspecified atom stereocenters. The molecule has 0 saturated carbocycles. The lowest BCUT2D eigenvalue weighted by Crippen LogP contribution is -2.27. The Kier molecular flexibility index (Phi) is 5.81. The monoisotopic (exact) mass is 394 g/mol. The number of carbonyl (C=O) groups is 1. The maximum atomic E-state index is 12.9. The first-order valence-corrected chi connectivity index (χ1v) is 9.11. The molecule has 3 aromatic rings. The number of benzene rings is 3. The van der Waals surface area contributed by atoms with Crippen LogP contribution in [-0.4, -0.2) is 5.91 Å². The fraction of sp³-hybridized carbons (Fsp3) is 0.0909. The van der Waals surface area contributed by atoms with Crippen LogP contribution in [0, 0.1) is 11.3 Å². The van der Waals surface area contributed by atoms with Gasteiger partial charge >= 0.3 is 0 Å². The highest BCUT2D eigenvalue weighted by Gasteiger charge is 2.18. The Bertz CT molecular complexity index is 1040. The van der Waals surface area contributed by atoms with Crippen molar-refractivity contribution < 1.29 is 4.79 Å². The molecular weight excluding hydrogens is 379 g/mol. The van der Waals surface area contributed by atoms with Gasteiger partial charge in [0.05, 0.1) is 17.7 Å². The largest absolute Gasteiger partial charge is 0.345 e. The van der Waals surface area contributed by atoms with E-state index in [1.807, 2.05) is 31.2 Å². The van der Waals surface area contributed by atoms with Crippen molar-refractivity contribution >= 4 is 29.1 Å². The molecule has 0 aliphatic carbocycles. The van der Waals surface area contributed by atoms with E-state index in [2.05, 4.69) is 11.4 Å². The molecule has 0 aliphatic rings. The molecule has 27 heavy (non-hydrogen) atoms. The second-order valence-corrected chi connectivity index (χ2v) is 6.91. The maximum Gasteiger partial charge on any atom is 0.252 e. The third kappa shape index (κ3) is 4.14. The van der Waals surface area contributed by atoms with Gasteiger partial charge in [-0.15, -0.1) is 0 Å². The maximum absolute atomic E-state index is 12.9. The van der Waals surface area contributed by atoms with Crippen molar-refractivity contribution in [3.8, 4) is 17.2 Å². The minimum absolute atomic E-state index is 0.239. The van der Waals surface area contributed by atoms with E-state index >= 15 is 0 Å². The molecule has 1 N–H and O–H groups in total. The Hall–Kier alpha value is -2.80. The van der Waals surface area contributed by atoms with Crippen LogP contribution in [0.1, 0.15) is 34.5 Å². The highest BCUT2D eigenvalue weighted by atomic mass is 35.5. The molecule has 0 saturated heterocycles. The van der Waals surface area contributed by atoms with Crippen molar-refractivity contribution in [2.75, 3.05) is 0 Å². The first-order chi connectivity index (χ1) is 13.0. The normalized spacial score (nSPS) is 11.5. The fourth-order valence-corrected chi connectivity index (χ4v) is 3.51. The molecule has 0 fully saturated rings. The molecule has 134 valence electrons. The Balaban J connectivity index is 1.93. The van der Waals surface area contributed by atoms with E-state index in [0.717, 1.165) is 11.1 Å². The highest BCUT2D eigenvalue weighted by molar-refractivity contribution is 6.35. The Labute approximate surface area is 168 Å².